The number of aromatic nitrogens is 2. The van der Waals surface area contributed by atoms with Crippen molar-refractivity contribution >= 4 is 11.6 Å². The molecule has 15 heavy (non-hydrogen) atoms. The Morgan fingerprint density at radius 3 is 3.00 bits per heavy atom. The first-order chi connectivity index (χ1) is 7.29. The van der Waals surface area contributed by atoms with Gasteiger partial charge in [-0.3, -0.25) is 9.88 Å². The van der Waals surface area contributed by atoms with Gasteiger partial charge in [0.15, 0.2) is 0 Å². The summed E-state index contributed by atoms with van der Waals surface area (Å²) in [7, 11) is 0. The van der Waals surface area contributed by atoms with E-state index in [9.17, 15) is 0 Å². The van der Waals surface area contributed by atoms with Gasteiger partial charge in [-0.15, -0.1) is 0 Å². The lowest BCUT2D eigenvalue weighted by Gasteiger charge is -2.22. The summed E-state index contributed by atoms with van der Waals surface area (Å²) in [6.07, 6.45) is 7.24. The number of rotatable bonds is 3. The standard InChI is InChI=1S/C11H16ClN3/c1-2-10-4-3-5-15(10)8-9-6-14-11(12)7-13-9/h6-7,10H,2-5,8H2,1H3. The van der Waals surface area contributed by atoms with Crippen LogP contribution in [-0.4, -0.2) is 27.5 Å². The fourth-order valence-corrected chi connectivity index (χ4v) is 2.29. The molecule has 1 aliphatic rings. The highest BCUT2D eigenvalue weighted by molar-refractivity contribution is 6.29. The fraction of sp³-hybridized carbons (Fsp3) is 0.636. The van der Waals surface area contributed by atoms with Gasteiger partial charge in [-0.2, -0.15) is 0 Å². The average Bonchev–Trinajstić information content (AvgIpc) is 2.69. The zero-order valence-corrected chi connectivity index (χ0v) is 9.74. The Kier molecular flexibility index (Phi) is 3.54. The number of hydrogen-bond donors (Lipinski definition) is 0. The minimum Gasteiger partial charge on any atom is -0.295 e. The fourth-order valence-electron chi connectivity index (χ4n) is 2.19. The van der Waals surface area contributed by atoms with Crippen LogP contribution < -0.4 is 0 Å². The molecule has 1 aromatic heterocycles. The van der Waals surface area contributed by atoms with Crippen LogP contribution in [0.1, 0.15) is 31.9 Å². The minimum absolute atomic E-state index is 0.465. The number of halogens is 1. The molecule has 0 aromatic carbocycles. The van der Waals surface area contributed by atoms with Crippen LogP contribution in [0.2, 0.25) is 5.15 Å². The largest absolute Gasteiger partial charge is 0.295 e. The van der Waals surface area contributed by atoms with E-state index in [-0.39, 0.29) is 0 Å². The highest BCUT2D eigenvalue weighted by Gasteiger charge is 2.22. The van der Waals surface area contributed by atoms with Gasteiger partial charge in [-0.1, -0.05) is 18.5 Å². The van der Waals surface area contributed by atoms with Crippen LogP contribution in [0, 0.1) is 0 Å². The molecule has 1 aliphatic heterocycles. The van der Waals surface area contributed by atoms with Crippen molar-refractivity contribution in [1.82, 2.24) is 14.9 Å². The maximum absolute atomic E-state index is 5.70. The predicted molar refractivity (Wildman–Crippen MR) is 60.8 cm³/mol. The third-order valence-corrected chi connectivity index (χ3v) is 3.20. The van der Waals surface area contributed by atoms with E-state index in [0.717, 1.165) is 18.3 Å². The van der Waals surface area contributed by atoms with Gasteiger partial charge in [-0.05, 0) is 25.8 Å². The van der Waals surface area contributed by atoms with E-state index in [1.165, 1.54) is 25.8 Å². The van der Waals surface area contributed by atoms with Crippen molar-refractivity contribution < 1.29 is 0 Å². The molecule has 0 bridgehead atoms. The zero-order valence-electron chi connectivity index (χ0n) is 8.99. The Labute approximate surface area is 95.5 Å². The van der Waals surface area contributed by atoms with Crippen molar-refractivity contribution in [1.29, 1.82) is 0 Å². The van der Waals surface area contributed by atoms with E-state index in [0.29, 0.717) is 5.15 Å². The van der Waals surface area contributed by atoms with Gasteiger partial charge >= 0.3 is 0 Å². The van der Waals surface area contributed by atoms with Gasteiger partial charge in [-0.25, -0.2) is 4.98 Å². The Balaban J connectivity index is 1.99. The van der Waals surface area contributed by atoms with Crippen molar-refractivity contribution in [2.24, 2.45) is 0 Å². The van der Waals surface area contributed by atoms with Crippen molar-refractivity contribution in [3.8, 4) is 0 Å². The van der Waals surface area contributed by atoms with Crippen LogP contribution in [0.4, 0.5) is 0 Å². The first kappa shape index (κ1) is 10.8. The summed E-state index contributed by atoms with van der Waals surface area (Å²) in [5.74, 6) is 0. The van der Waals surface area contributed by atoms with Gasteiger partial charge in [0.2, 0.25) is 0 Å². The second-order valence-electron chi connectivity index (χ2n) is 4.01. The predicted octanol–water partition coefficient (Wildman–Crippen LogP) is 2.50. The molecule has 1 aromatic rings. The number of nitrogens with zero attached hydrogens (tertiary/aromatic N) is 3. The monoisotopic (exact) mass is 225 g/mol. The Bertz CT molecular complexity index is 312. The molecular weight excluding hydrogens is 210 g/mol. The normalized spacial score (nSPS) is 22.1. The molecule has 0 saturated carbocycles. The molecule has 0 spiro atoms. The summed E-state index contributed by atoms with van der Waals surface area (Å²) >= 11 is 5.70. The quantitative estimate of drug-likeness (QED) is 0.792. The van der Waals surface area contributed by atoms with Crippen molar-refractivity contribution in [2.45, 2.75) is 38.8 Å². The SMILES string of the molecule is CCC1CCCN1Cc1cnc(Cl)cn1. The molecule has 0 aliphatic carbocycles. The molecule has 0 N–H and O–H groups in total. The highest BCUT2D eigenvalue weighted by atomic mass is 35.5. The van der Waals surface area contributed by atoms with Crippen molar-refractivity contribution in [3.63, 3.8) is 0 Å². The van der Waals surface area contributed by atoms with E-state index in [2.05, 4.69) is 21.8 Å². The smallest absolute Gasteiger partial charge is 0.147 e. The van der Waals surface area contributed by atoms with Crippen LogP contribution in [0.5, 0.6) is 0 Å². The van der Waals surface area contributed by atoms with E-state index < -0.39 is 0 Å². The third kappa shape index (κ3) is 2.67. The first-order valence-electron chi connectivity index (χ1n) is 5.50. The molecule has 1 saturated heterocycles. The maximum atomic E-state index is 5.70. The van der Waals surface area contributed by atoms with Crippen molar-refractivity contribution in [3.05, 3.63) is 23.2 Å². The van der Waals surface area contributed by atoms with E-state index in [1.807, 2.05) is 0 Å². The third-order valence-electron chi connectivity index (χ3n) is 3.01. The summed E-state index contributed by atoms with van der Waals surface area (Å²) in [5.41, 5.74) is 1.01. The lowest BCUT2D eigenvalue weighted by atomic mass is 10.2. The van der Waals surface area contributed by atoms with E-state index in [1.54, 1.807) is 12.4 Å². The molecule has 1 fully saturated rings. The Morgan fingerprint density at radius 2 is 2.33 bits per heavy atom. The van der Waals surface area contributed by atoms with Crippen LogP contribution in [-0.2, 0) is 6.54 Å². The van der Waals surface area contributed by atoms with Gasteiger partial charge in [0, 0.05) is 12.6 Å². The molecule has 1 unspecified atom stereocenters. The average molecular weight is 226 g/mol. The first-order valence-corrected chi connectivity index (χ1v) is 5.88. The Morgan fingerprint density at radius 1 is 1.47 bits per heavy atom. The van der Waals surface area contributed by atoms with Crippen LogP contribution >= 0.6 is 11.6 Å². The second-order valence-corrected chi connectivity index (χ2v) is 4.39. The minimum atomic E-state index is 0.465. The molecule has 1 atom stereocenters. The molecule has 0 radical (unpaired) electrons. The second kappa shape index (κ2) is 4.90. The van der Waals surface area contributed by atoms with Gasteiger partial charge < -0.3 is 0 Å². The van der Waals surface area contributed by atoms with E-state index >= 15 is 0 Å². The topological polar surface area (TPSA) is 29.0 Å². The molecule has 0 amide bonds. The summed E-state index contributed by atoms with van der Waals surface area (Å²) in [6.45, 7) is 4.34. The van der Waals surface area contributed by atoms with Gasteiger partial charge in [0.25, 0.3) is 0 Å². The van der Waals surface area contributed by atoms with E-state index in [4.69, 9.17) is 11.6 Å². The molecule has 3 nitrogen and oxygen atoms in total. The lowest BCUT2D eigenvalue weighted by Crippen LogP contribution is -2.28. The molecule has 2 heterocycles. The number of likely N-dealkylation sites (tertiary alicyclic amines) is 1. The summed E-state index contributed by atoms with van der Waals surface area (Å²) < 4.78 is 0. The lowest BCUT2D eigenvalue weighted by molar-refractivity contribution is 0.237. The molecule has 82 valence electrons. The van der Waals surface area contributed by atoms with Gasteiger partial charge in [0.05, 0.1) is 18.1 Å². The summed E-state index contributed by atoms with van der Waals surface area (Å²) in [6, 6.07) is 0.725. The number of hydrogen-bond acceptors (Lipinski definition) is 3. The van der Waals surface area contributed by atoms with Crippen molar-refractivity contribution in [2.75, 3.05) is 6.54 Å². The van der Waals surface area contributed by atoms with Gasteiger partial charge in [0.1, 0.15) is 5.15 Å². The molecule has 4 heteroatoms. The summed E-state index contributed by atoms with van der Waals surface area (Å²) in [4.78, 5) is 10.8. The highest BCUT2D eigenvalue weighted by Crippen LogP contribution is 2.21. The zero-order chi connectivity index (χ0) is 10.7. The summed E-state index contributed by atoms with van der Waals surface area (Å²) in [5, 5.41) is 0.465. The maximum Gasteiger partial charge on any atom is 0.147 e. The van der Waals surface area contributed by atoms with Crippen LogP contribution in [0.3, 0.4) is 0 Å². The molecule has 2 rings (SSSR count). The molecular formula is C11H16ClN3. The Hall–Kier alpha value is -0.670. The van der Waals surface area contributed by atoms with Crippen LogP contribution in [0.15, 0.2) is 12.4 Å². The van der Waals surface area contributed by atoms with Crippen LogP contribution in [0.25, 0.3) is 0 Å².